The van der Waals surface area contributed by atoms with Crippen LogP contribution in [0.2, 0.25) is 4.34 Å². The molecule has 0 unspecified atom stereocenters. The maximum atomic E-state index is 13.1. The zero-order valence-electron chi connectivity index (χ0n) is 16.8. The predicted octanol–water partition coefficient (Wildman–Crippen LogP) is 2.57. The van der Waals surface area contributed by atoms with Crippen LogP contribution in [0.15, 0.2) is 12.1 Å². The van der Waals surface area contributed by atoms with Crippen LogP contribution in [-0.2, 0) is 14.8 Å². The predicted molar refractivity (Wildman–Crippen MR) is 115 cm³/mol. The average Bonchev–Trinajstić information content (AvgIpc) is 3.42. The van der Waals surface area contributed by atoms with Gasteiger partial charge in [0.05, 0.1) is 21.0 Å². The van der Waals surface area contributed by atoms with Crippen molar-refractivity contribution in [3.8, 4) is 0 Å². The molecule has 0 atom stereocenters. The summed E-state index contributed by atoms with van der Waals surface area (Å²) in [5.74, 6) is -1.09. The second kappa shape index (κ2) is 9.32. The van der Waals surface area contributed by atoms with E-state index in [2.05, 4.69) is 24.1 Å². The number of nitrogens with zero attached hydrogens (tertiary/aromatic N) is 2. The van der Waals surface area contributed by atoms with Gasteiger partial charge in [0.15, 0.2) is 0 Å². The molecule has 1 saturated carbocycles. The molecular formula is C19H28ClN3O4S2. The highest BCUT2D eigenvalue weighted by atomic mass is 35.5. The number of halogens is 1. The molecule has 7 nitrogen and oxygen atoms in total. The van der Waals surface area contributed by atoms with Crippen molar-refractivity contribution >= 4 is 44.8 Å². The van der Waals surface area contributed by atoms with E-state index >= 15 is 0 Å². The normalized spacial score (nSPS) is 18.8. The van der Waals surface area contributed by atoms with E-state index in [1.165, 1.54) is 0 Å². The molecule has 10 heteroatoms. The molecular weight excluding hydrogens is 434 g/mol. The minimum absolute atomic E-state index is 0.0457. The van der Waals surface area contributed by atoms with Gasteiger partial charge in [-0.25, -0.2) is 12.7 Å². The van der Waals surface area contributed by atoms with Crippen LogP contribution in [0, 0.1) is 5.92 Å². The highest BCUT2D eigenvalue weighted by Gasteiger charge is 2.42. The molecule has 1 aliphatic heterocycles. The summed E-state index contributed by atoms with van der Waals surface area (Å²) in [4.78, 5) is 27.7. The molecule has 162 valence electrons. The van der Waals surface area contributed by atoms with Crippen LogP contribution in [0.5, 0.6) is 0 Å². The summed E-state index contributed by atoms with van der Waals surface area (Å²) in [6.45, 7) is 5.75. The Morgan fingerprint density at radius 3 is 2.41 bits per heavy atom. The summed E-state index contributed by atoms with van der Waals surface area (Å²) in [6, 6.07) is 3.33. The van der Waals surface area contributed by atoms with Gasteiger partial charge in [-0.3, -0.25) is 9.59 Å². The van der Waals surface area contributed by atoms with Crippen molar-refractivity contribution in [3.63, 3.8) is 0 Å². The SMILES string of the molecule is CC(C)N1CCC(N(C(=O)C2CC2)S(=O)(=O)CCNC(=O)c2ccc(Cl)s2)CC1. The smallest absolute Gasteiger partial charge is 0.261 e. The molecule has 0 spiro atoms. The molecule has 2 fully saturated rings. The van der Waals surface area contributed by atoms with Gasteiger partial charge in [0.2, 0.25) is 15.9 Å². The zero-order valence-corrected chi connectivity index (χ0v) is 19.2. The van der Waals surface area contributed by atoms with Gasteiger partial charge in [-0.2, -0.15) is 0 Å². The molecule has 1 saturated heterocycles. The number of nitrogens with one attached hydrogen (secondary N) is 1. The van der Waals surface area contributed by atoms with Crippen LogP contribution in [0.3, 0.4) is 0 Å². The molecule has 2 heterocycles. The van der Waals surface area contributed by atoms with E-state index in [1.807, 2.05) is 0 Å². The van der Waals surface area contributed by atoms with E-state index in [-0.39, 0.29) is 36.1 Å². The fraction of sp³-hybridized carbons (Fsp3) is 0.684. The molecule has 29 heavy (non-hydrogen) atoms. The lowest BCUT2D eigenvalue weighted by atomic mass is 10.0. The summed E-state index contributed by atoms with van der Waals surface area (Å²) in [7, 11) is -3.81. The summed E-state index contributed by atoms with van der Waals surface area (Å²) < 4.78 is 27.8. The maximum Gasteiger partial charge on any atom is 0.261 e. The standard InChI is InChI=1S/C19H28ClN3O4S2/c1-13(2)22-10-7-15(8-11-22)23(19(25)14-3-4-14)29(26,27)12-9-21-18(24)16-5-6-17(20)28-16/h5-6,13-15H,3-4,7-12H2,1-2H3,(H,21,24). The van der Waals surface area contributed by atoms with Crippen molar-refractivity contribution in [2.75, 3.05) is 25.4 Å². The maximum absolute atomic E-state index is 13.1. The van der Waals surface area contributed by atoms with Crippen molar-refractivity contribution in [1.82, 2.24) is 14.5 Å². The molecule has 2 aliphatic rings. The Kier molecular flexibility index (Phi) is 7.24. The van der Waals surface area contributed by atoms with Gasteiger partial charge in [0.25, 0.3) is 5.91 Å². The average molecular weight is 462 g/mol. The van der Waals surface area contributed by atoms with E-state index in [0.29, 0.717) is 28.1 Å². The van der Waals surface area contributed by atoms with Gasteiger partial charge in [-0.05, 0) is 51.7 Å². The third kappa shape index (κ3) is 5.71. The summed E-state index contributed by atoms with van der Waals surface area (Å²) in [5.41, 5.74) is 0. The van der Waals surface area contributed by atoms with Gasteiger partial charge in [-0.1, -0.05) is 11.6 Å². The number of carbonyl (C=O) groups excluding carboxylic acids is 2. The topological polar surface area (TPSA) is 86.8 Å². The first-order chi connectivity index (χ1) is 13.7. The molecule has 2 amide bonds. The fourth-order valence-electron chi connectivity index (χ4n) is 3.61. The zero-order chi connectivity index (χ0) is 21.2. The van der Waals surface area contributed by atoms with E-state index in [4.69, 9.17) is 11.6 Å². The lowest BCUT2D eigenvalue weighted by Gasteiger charge is -2.39. The molecule has 3 rings (SSSR count). The fourth-order valence-corrected chi connectivity index (χ4v) is 6.21. The first-order valence-electron chi connectivity index (χ1n) is 10.0. The van der Waals surface area contributed by atoms with Crippen molar-refractivity contribution in [1.29, 1.82) is 0 Å². The van der Waals surface area contributed by atoms with Gasteiger partial charge in [0, 0.05) is 31.6 Å². The number of hydrogen-bond donors (Lipinski definition) is 1. The van der Waals surface area contributed by atoms with Crippen molar-refractivity contribution < 1.29 is 18.0 Å². The Bertz CT molecular complexity index is 843. The number of rotatable bonds is 8. The van der Waals surface area contributed by atoms with Gasteiger partial charge < -0.3 is 10.2 Å². The van der Waals surface area contributed by atoms with Gasteiger partial charge in [-0.15, -0.1) is 11.3 Å². The first kappa shape index (κ1) is 22.5. The molecule has 1 N–H and O–H groups in total. The number of piperidine rings is 1. The van der Waals surface area contributed by atoms with Crippen LogP contribution in [0.4, 0.5) is 0 Å². The minimum Gasteiger partial charge on any atom is -0.350 e. The summed E-state index contributed by atoms with van der Waals surface area (Å²) in [6.07, 6.45) is 2.81. The third-order valence-corrected chi connectivity index (χ3v) is 8.47. The van der Waals surface area contributed by atoms with E-state index < -0.39 is 10.0 Å². The van der Waals surface area contributed by atoms with Crippen LogP contribution in [0.25, 0.3) is 0 Å². The largest absolute Gasteiger partial charge is 0.350 e. The first-order valence-corrected chi connectivity index (χ1v) is 12.8. The molecule has 1 aliphatic carbocycles. The van der Waals surface area contributed by atoms with Crippen LogP contribution in [0.1, 0.15) is 49.2 Å². The molecule has 0 aromatic carbocycles. The quantitative estimate of drug-likeness (QED) is 0.642. The monoisotopic (exact) mass is 461 g/mol. The summed E-state index contributed by atoms with van der Waals surface area (Å²) in [5, 5.41) is 2.62. The molecule has 0 bridgehead atoms. The Hall–Kier alpha value is -1.16. The molecule has 1 aromatic rings. The Labute approximate surface area is 181 Å². The summed E-state index contributed by atoms with van der Waals surface area (Å²) >= 11 is 6.97. The van der Waals surface area contributed by atoms with Gasteiger partial charge in [0.1, 0.15) is 0 Å². The molecule has 1 aromatic heterocycles. The van der Waals surface area contributed by atoms with E-state index in [0.717, 1.165) is 41.6 Å². The highest BCUT2D eigenvalue weighted by Crippen LogP contribution is 2.34. The van der Waals surface area contributed by atoms with Crippen LogP contribution >= 0.6 is 22.9 Å². The highest BCUT2D eigenvalue weighted by molar-refractivity contribution is 7.89. The Balaban J connectivity index is 1.63. The number of amides is 2. The van der Waals surface area contributed by atoms with Crippen LogP contribution in [-0.4, -0.2) is 66.9 Å². The Morgan fingerprint density at radius 1 is 1.24 bits per heavy atom. The third-order valence-electron chi connectivity index (χ3n) is 5.45. The van der Waals surface area contributed by atoms with Gasteiger partial charge >= 0.3 is 0 Å². The molecule has 0 radical (unpaired) electrons. The number of carbonyl (C=O) groups is 2. The number of sulfonamides is 1. The van der Waals surface area contributed by atoms with Crippen molar-refractivity contribution in [3.05, 3.63) is 21.3 Å². The van der Waals surface area contributed by atoms with Crippen molar-refractivity contribution in [2.45, 2.75) is 51.6 Å². The Morgan fingerprint density at radius 2 is 1.90 bits per heavy atom. The number of hydrogen-bond acceptors (Lipinski definition) is 6. The van der Waals surface area contributed by atoms with E-state index in [9.17, 15) is 18.0 Å². The lowest BCUT2D eigenvalue weighted by molar-refractivity contribution is -0.130. The van der Waals surface area contributed by atoms with E-state index in [1.54, 1.807) is 12.1 Å². The van der Waals surface area contributed by atoms with Crippen molar-refractivity contribution in [2.24, 2.45) is 5.92 Å². The minimum atomic E-state index is -3.81. The number of thiophene rings is 1. The number of likely N-dealkylation sites (tertiary alicyclic amines) is 1. The second-order valence-electron chi connectivity index (χ2n) is 7.94. The second-order valence-corrected chi connectivity index (χ2v) is 11.6. The van der Waals surface area contributed by atoms with Crippen LogP contribution < -0.4 is 5.32 Å². The lowest BCUT2D eigenvalue weighted by Crippen LogP contribution is -2.52.